The van der Waals surface area contributed by atoms with Crippen LogP contribution in [0.25, 0.3) is 11.0 Å². The van der Waals surface area contributed by atoms with Crippen molar-refractivity contribution in [3.8, 4) is 28.7 Å². The van der Waals surface area contributed by atoms with Crippen molar-refractivity contribution in [1.29, 1.82) is 0 Å². The van der Waals surface area contributed by atoms with Crippen molar-refractivity contribution in [3.05, 3.63) is 46.3 Å². The third-order valence-corrected chi connectivity index (χ3v) is 5.06. The van der Waals surface area contributed by atoms with Gasteiger partial charge >= 0.3 is 5.63 Å². The largest absolute Gasteiger partial charge is 0.508 e. The molecule has 2 aromatic carbocycles. The van der Waals surface area contributed by atoms with Crippen LogP contribution in [0.2, 0.25) is 0 Å². The van der Waals surface area contributed by atoms with E-state index in [-0.39, 0.29) is 11.5 Å². The molecule has 172 valence electrons. The highest BCUT2D eigenvalue weighted by atomic mass is 16.5. The summed E-state index contributed by atoms with van der Waals surface area (Å²) in [7, 11) is 6.87. The number of phenolic OH excluding ortho intramolecular Hbond substituents is 1. The summed E-state index contributed by atoms with van der Waals surface area (Å²) < 4.78 is 27.5. The van der Waals surface area contributed by atoms with Crippen LogP contribution in [0.15, 0.2) is 39.5 Å². The quantitative estimate of drug-likeness (QED) is 0.370. The first-order chi connectivity index (χ1) is 15.3. The minimum atomic E-state index is -0.533. The van der Waals surface area contributed by atoms with Crippen molar-refractivity contribution in [2.24, 2.45) is 0 Å². The van der Waals surface area contributed by atoms with Gasteiger partial charge in [-0.1, -0.05) is 0 Å². The van der Waals surface area contributed by atoms with Gasteiger partial charge in [-0.25, -0.2) is 4.79 Å². The normalized spacial score (nSPS) is 10.8. The monoisotopic (exact) mass is 443 g/mol. The van der Waals surface area contributed by atoms with Gasteiger partial charge in [0.1, 0.15) is 17.1 Å². The van der Waals surface area contributed by atoms with Gasteiger partial charge < -0.3 is 33.4 Å². The molecule has 3 aromatic rings. The Morgan fingerprint density at radius 2 is 1.59 bits per heavy atom. The Balaban J connectivity index is 1.59. The molecule has 0 atom stereocenters. The lowest BCUT2D eigenvalue weighted by Gasteiger charge is -2.15. The number of hydrogen-bond donors (Lipinski definition) is 1. The molecule has 0 spiro atoms. The Bertz CT molecular complexity index is 1140. The zero-order valence-electron chi connectivity index (χ0n) is 19.1. The number of unbranched alkanes of at least 4 members (excludes halogenated alkanes) is 1. The number of fused-ring (bicyclic) bond motifs is 1. The average molecular weight is 443 g/mol. The van der Waals surface area contributed by atoms with Crippen LogP contribution in [0, 0.1) is 6.92 Å². The number of aryl methyl sites for hydroxylation is 1. The van der Waals surface area contributed by atoms with Crippen LogP contribution in [0.1, 0.15) is 18.4 Å². The van der Waals surface area contributed by atoms with E-state index in [1.807, 2.05) is 32.0 Å². The first-order valence-corrected chi connectivity index (χ1v) is 10.3. The highest BCUT2D eigenvalue weighted by molar-refractivity contribution is 5.85. The third-order valence-electron chi connectivity index (χ3n) is 5.06. The summed E-state index contributed by atoms with van der Waals surface area (Å²) in [6, 6.07) is 8.51. The second kappa shape index (κ2) is 10.2. The zero-order valence-corrected chi connectivity index (χ0v) is 19.1. The summed E-state index contributed by atoms with van der Waals surface area (Å²) in [6.07, 6.45) is 1.40. The predicted molar refractivity (Wildman–Crippen MR) is 123 cm³/mol. The third kappa shape index (κ3) is 5.19. The Morgan fingerprint density at radius 3 is 2.25 bits per heavy atom. The van der Waals surface area contributed by atoms with Gasteiger partial charge in [-0.2, -0.15) is 0 Å². The summed E-state index contributed by atoms with van der Waals surface area (Å²) in [5.74, 6) is 1.98. The van der Waals surface area contributed by atoms with Gasteiger partial charge in [0, 0.05) is 55.0 Å². The van der Waals surface area contributed by atoms with Crippen molar-refractivity contribution < 1.29 is 28.5 Å². The van der Waals surface area contributed by atoms with E-state index in [2.05, 4.69) is 0 Å². The smallest absolute Gasteiger partial charge is 0.379 e. The standard InChI is InChI=1S/C24H29NO7/c1-15-19-13-21(28-4)22(29-5)14-20(19)32-24(27)23(15)31-9-7-6-8-30-18-11-16(25(2)3)10-17(26)12-18/h10-14,26H,6-9H2,1-5H3. The van der Waals surface area contributed by atoms with E-state index in [1.165, 1.54) is 7.11 Å². The van der Waals surface area contributed by atoms with Crippen molar-refractivity contribution in [2.45, 2.75) is 19.8 Å². The number of rotatable bonds is 10. The maximum atomic E-state index is 12.4. The van der Waals surface area contributed by atoms with Crippen molar-refractivity contribution in [2.75, 3.05) is 46.4 Å². The number of methoxy groups -OCH3 is 2. The van der Waals surface area contributed by atoms with Gasteiger partial charge in [0.2, 0.25) is 5.75 Å². The van der Waals surface area contributed by atoms with E-state index < -0.39 is 5.63 Å². The Morgan fingerprint density at radius 1 is 0.938 bits per heavy atom. The topological polar surface area (TPSA) is 90.6 Å². The van der Waals surface area contributed by atoms with Gasteiger partial charge in [-0.05, 0) is 25.8 Å². The van der Waals surface area contributed by atoms with E-state index in [4.69, 9.17) is 23.4 Å². The van der Waals surface area contributed by atoms with Gasteiger partial charge in [-0.3, -0.25) is 0 Å². The fourth-order valence-corrected chi connectivity index (χ4v) is 3.30. The van der Waals surface area contributed by atoms with Gasteiger partial charge in [0.05, 0.1) is 27.4 Å². The van der Waals surface area contributed by atoms with Crippen LogP contribution in [-0.4, -0.2) is 46.6 Å². The minimum Gasteiger partial charge on any atom is -0.508 e. The molecule has 1 heterocycles. The van der Waals surface area contributed by atoms with Crippen molar-refractivity contribution in [3.63, 3.8) is 0 Å². The maximum absolute atomic E-state index is 12.4. The summed E-state index contributed by atoms with van der Waals surface area (Å²) in [6.45, 7) is 2.62. The summed E-state index contributed by atoms with van der Waals surface area (Å²) >= 11 is 0. The van der Waals surface area contributed by atoms with E-state index >= 15 is 0 Å². The number of phenols is 1. The fraction of sp³-hybridized carbons (Fsp3) is 0.375. The second-order valence-corrected chi connectivity index (χ2v) is 7.53. The van der Waals surface area contributed by atoms with Crippen molar-refractivity contribution >= 4 is 16.7 Å². The second-order valence-electron chi connectivity index (χ2n) is 7.53. The maximum Gasteiger partial charge on any atom is 0.379 e. The predicted octanol–water partition coefficient (Wildman–Crippen LogP) is 4.13. The Labute approximate surface area is 186 Å². The molecule has 0 radical (unpaired) electrons. The zero-order chi connectivity index (χ0) is 23.3. The Hall–Kier alpha value is -3.55. The molecule has 1 aromatic heterocycles. The molecule has 3 rings (SSSR count). The van der Waals surface area contributed by atoms with E-state index in [0.29, 0.717) is 48.0 Å². The fourth-order valence-electron chi connectivity index (χ4n) is 3.30. The molecule has 32 heavy (non-hydrogen) atoms. The molecular formula is C24H29NO7. The highest BCUT2D eigenvalue weighted by Crippen LogP contribution is 2.35. The van der Waals surface area contributed by atoms with Crippen LogP contribution in [-0.2, 0) is 0 Å². The minimum absolute atomic E-state index is 0.155. The summed E-state index contributed by atoms with van der Waals surface area (Å²) in [4.78, 5) is 14.3. The average Bonchev–Trinajstić information content (AvgIpc) is 2.76. The SMILES string of the molecule is COc1cc2oc(=O)c(OCCCCOc3cc(O)cc(N(C)C)c3)c(C)c2cc1OC. The van der Waals surface area contributed by atoms with Crippen molar-refractivity contribution in [1.82, 2.24) is 0 Å². The van der Waals surface area contributed by atoms with Crippen LogP contribution in [0.3, 0.4) is 0 Å². The first-order valence-electron chi connectivity index (χ1n) is 10.3. The van der Waals surface area contributed by atoms with Gasteiger partial charge in [0.25, 0.3) is 0 Å². The molecule has 0 aliphatic heterocycles. The molecule has 0 bridgehead atoms. The molecular weight excluding hydrogens is 414 g/mol. The molecule has 0 saturated carbocycles. The summed E-state index contributed by atoms with van der Waals surface area (Å²) in [5, 5.41) is 10.5. The van der Waals surface area contributed by atoms with Crippen LogP contribution in [0.5, 0.6) is 28.7 Å². The van der Waals surface area contributed by atoms with E-state index in [9.17, 15) is 9.90 Å². The Kier molecular flexibility index (Phi) is 7.35. The lowest BCUT2D eigenvalue weighted by atomic mass is 10.1. The molecule has 0 aliphatic carbocycles. The number of nitrogens with zero attached hydrogens (tertiary/aromatic N) is 1. The van der Waals surface area contributed by atoms with Gasteiger partial charge in [-0.15, -0.1) is 0 Å². The summed E-state index contributed by atoms with van der Waals surface area (Å²) in [5.41, 5.74) is 1.42. The van der Waals surface area contributed by atoms with E-state index in [1.54, 1.807) is 31.4 Å². The highest BCUT2D eigenvalue weighted by Gasteiger charge is 2.16. The van der Waals surface area contributed by atoms with Crippen LogP contribution in [0.4, 0.5) is 5.69 Å². The number of benzene rings is 2. The number of aromatic hydroxyl groups is 1. The van der Waals surface area contributed by atoms with Gasteiger partial charge in [0.15, 0.2) is 11.5 Å². The van der Waals surface area contributed by atoms with Crippen LogP contribution < -0.4 is 29.5 Å². The number of hydrogen-bond acceptors (Lipinski definition) is 8. The lowest BCUT2D eigenvalue weighted by molar-refractivity contribution is 0.259. The first kappa shape index (κ1) is 23.1. The molecule has 0 aliphatic rings. The molecule has 0 saturated heterocycles. The molecule has 8 heteroatoms. The lowest BCUT2D eigenvalue weighted by Crippen LogP contribution is -2.11. The molecule has 0 unspecified atom stereocenters. The molecule has 0 amide bonds. The molecule has 1 N–H and O–H groups in total. The molecule has 0 fully saturated rings. The van der Waals surface area contributed by atoms with Crippen LogP contribution >= 0.6 is 0 Å². The molecule has 8 nitrogen and oxygen atoms in total. The number of ether oxygens (including phenoxy) is 4. The van der Waals surface area contributed by atoms with E-state index in [0.717, 1.165) is 17.5 Å². The number of anilines is 1.